The van der Waals surface area contributed by atoms with E-state index in [1.807, 2.05) is 0 Å². The first-order valence-electron chi connectivity index (χ1n) is 6.61. The smallest absolute Gasteiger partial charge is 0.480 e. The summed E-state index contributed by atoms with van der Waals surface area (Å²) in [7, 11) is 0. The van der Waals surface area contributed by atoms with E-state index >= 15 is 0 Å². The Balaban J connectivity index is 2.09. The molecule has 0 amide bonds. The minimum atomic E-state index is -4.76. The monoisotopic (exact) mass is 303 g/mol. The third-order valence-electron chi connectivity index (χ3n) is 3.16. The van der Waals surface area contributed by atoms with Crippen LogP contribution in [0.2, 0.25) is 0 Å². The van der Waals surface area contributed by atoms with Crippen LogP contribution in [-0.2, 0) is 11.3 Å². The highest BCUT2D eigenvalue weighted by Crippen LogP contribution is 2.31. The van der Waals surface area contributed by atoms with E-state index in [0.717, 1.165) is 12.8 Å². The molecule has 4 nitrogen and oxygen atoms in total. The first-order chi connectivity index (χ1) is 9.83. The van der Waals surface area contributed by atoms with Gasteiger partial charge in [-0.15, -0.1) is 13.2 Å². The predicted molar refractivity (Wildman–Crippen MR) is 68.8 cm³/mol. The van der Waals surface area contributed by atoms with Crippen molar-refractivity contribution in [2.75, 3.05) is 13.1 Å². The van der Waals surface area contributed by atoms with Crippen LogP contribution in [-0.4, -0.2) is 35.4 Å². The van der Waals surface area contributed by atoms with Gasteiger partial charge in [-0.25, -0.2) is 0 Å². The number of benzene rings is 1. The van der Waals surface area contributed by atoms with E-state index in [1.165, 1.54) is 18.2 Å². The van der Waals surface area contributed by atoms with Crippen LogP contribution in [0.15, 0.2) is 24.3 Å². The number of hydrogen-bond acceptors (Lipinski definition) is 3. The number of ether oxygens (including phenoxy) is 1. The van der Waals surface area contributed by atoms with Gasteiger partial charge in [0, 0.05) is 18.7 Å². The van der Waals surface area contributed by atoms with Crippen LogP contribution in [0.1, 0.15) is 18.4 Å². The van der Waals surface area contributed by atoms with Gasteiger partial charge >= 0.3 is 12.3 Å². The number of para-hydroxylation sites is 1. The summed E-state index contributed by atoms with van der Waals surface area (Å²) in [5, 5.41) is 8.90. The van der Waals surface area contributed by atoms with Gasteiger partial charge in [0.15, 0.2) is 0 Å². The Labute approximate surface area is 120 Å². The summed E-state index contributed by atoms with van der Waals surface area (Å²) in [5.41, 5.74) is 0.330. The maximum Gasteiger partial charge on any atom is 0.573 e. The van der Waals surface area contributed by atoms with Crippen LogP contribution in [0.3, 0.4) is 0 Å². The van der Waals surface area contributed by atoms with Crippen LogP contribution < -0.4 is 4.74 Å². The molecule has 0 bridgehead atoms. The van der Waals surface area contributed by atoms with Gasteiger partial charge in [0.2, 0.25) is 0 Å². The molecule has 0 aliphatic heterocycles. The molecule has 1 saturated carbocycles. The number of carboxylic acid groups (broad SMARTS) is 1. The molecule has 0 atom stereocenters. The number of rotatable bonds is 7. The van der Waals surface area contributed by atoms with Crippen LogP contribution in [0.5, 0.6) is 5.75 Å². The molecular formula is C14H16F3NO3. The van der Waals surface area contributed by atoms with Gasteiger partial charge in [-0.3, -0.25) is 9.69 Å². The summed E-state index contributed by atoms with van der Waals surface area (Å²) in [6.45, 7) is 0.499. The number of carbonyl (C=O) groups is 1. The number of alkyl halides is 3. The standard InChI is InChI=1S/C14H16F3NO3/c15-14(16,17)21-12-4-2-1-3-11(12)8-18(9-13(19)20)7-10-5-6-10/h1-4,10H,5-9H2,(H,19,20). The van der Waals surface area contributed by atoms with E-state index in [0.29, 0.717) is 18.0 Å². The SMILES string of the molecule is O=C(O)CN(Cc1ccccc1OC(F)(F)F)CC1CC1. The van der Waals surface area contributed by atoms with Gasteiger partial charge in [0.1, 0.15) is 5.75 Å². The Hall–Kier alpha value is -1.76. The molecule has 0 spiro atoms. The average molecular weight is 303 g/mol. The second-order valence-corrected chi connectivity index (χ2v) is 5.16. The number of nitrogens with zero attached hydrogens (tertiary/aromatic N) is 1. The van der Waals surface area contributed by atoms with E-state index < -0.39 is 12.3 Å². The highest BCUT2D eigenvalue weighted by Gasteiger charge is 2.32. The van der Waals surface area contributed by atoms with E-state index in [4.69, 9.17) is 5.11 Å². The third kappa shape index (κ3) is 5.63. The summed E-state index contributed by atoms with van der Waals surface area (Å²) in [5.74, 6) is -0.832. The second-order valence-electron chi connectivity index (χ2n) is 5.16. The first-order valence-corrected chi connectivity index (χ1v) is 6.61. The molecule has 0 radical (unpaired) electrons. The van der Waals surface area contributed by atoms with E-state index in [1.54, 1.807) is 11.0 Å². The lowest BCUT2D eigenvalue weighted by molar-refractivity contribution is -0.275. The molecule has 0 saturated heterocycles. The third-order valence-corrected chi connectivity index (χ3v) is 3.16. The molecule has 1 aromatic rings. The summed E-state index contributed by atoms with van der Waals surface area (Å²) in [6, 6.07) is 5.81. The lowest BCUT2D eigenvalue weighted by Gasteiger charge is -2.22. The minimum absolute atomic E-state index is 0.120. The van der Waals surface area contributed by atoms with Crippen LogP contribution in [0, 0.1) is 5.92 Å². The van der Waals surface area contributed by atoms with Crippen molar-refractivity contribution in [3.8, 4) is 5.75 Å². The highest BCUT2D eigenvalue weighted by atomic mass is 19.4. The fraction of sp³-hybridized carbons (Fsp3) is 0.500. The Bertz CT molecular complexity index is 500. The molecule has 0 unspecified atom stereocenters. The largest absolute Gasteiger partial charge is 0.573 e. The normalized spacial score (nSPS) is 15.2. The van der Waals surface area contributed by atoms with Crippen molar-refractivity contribution in [1.82, 2.24) is 4.90 Å². The van der Waals surface area contributed by atoms with E-state index in [2.05, 4.69) is 4.74 Å². The topological polar surface area (TPSA) is 49.8 Å². The van der Waals surface area contributed by atoms with Gasteiger partial charge in [-0.2, -0.15) is 0 Å². The van der Waals surface area contributed by atoms with Crippen LogP contribution >= 0.6 is 0 Å². The molecule has 1 fully saturated rings. The van der Waals surface area contributed by atoms with Crippen molar-refractivity contribution in [1.29, 1.82) is 0 Å². The van der Waals surface area contributed by atoms with Crippen molar-refractivity contribution in [2.45, 2.75) is 25.7 Å². The molecule has 21 heavy (non-hydrogen) atoms. The van der Waals surface area contributed by atoms with Gasteiger partial charge in [-0.1, -0.05) is 18.2 Å². The summed E-state index contributed by atoms with van der Waals surface area (Å²) in [6.07, 6.45) is -2.68. The lowest BCUT2D eigenvalue weighted by atomic mass is 10.2. The maximum absolute atomic E-state index is 12.4. The van der Waals surface area contributed by atoms with Gasteiger partial charge < -0.3 is 9.84 Å². The van der Waals surface area contributed by atoms with Crippen LogP contribution in [0.4, 0.5) is 13.2 Å². The Morgan fingerprint density at radius 2 is 2.00 bits per heavy atom. The quantitative estimate of drug-likeness (QED) is 0.841. The van der Waals surface area contributed by atoms with Gasteiger partial charge in [-0.05, 0) is 24.8 Å². The molecule has 0 heterocycles. The van der Waals surface area contributed by atoms with Crippen LogP contribution in [0.25, 0.3) is 0 Å². The molecule has 7 heteroatoms. The first kappa shape index (κ1) is 15.6. The molecule has 1 aromatic carbocycles. The van der Waals surface area contributed by atoms with Crippen molar-refractivity contribution < 1.29 is 27.8 Å². The zero-order valence-electron chi connectivity index (χ0n) is 11.3. The average Bonchev–Trinajstić information content (AvgIpc) is 3.13. The van der Waals surface area contributed by atoms with Gasteiger partial charge in [0.25, 0.3) is 0 Å². The number of halogens is 3. The molecule has 1 aliphatic carbocycles. The number of carboxylic acids is 1. The zero-order chi connectivity index (χ0) is 15.5. The van der Waals surface area contributed by atoms with Crippen molar-refractivity contribution >= 4 is 5.97 Å². The molecule has 116 valence electrons. The zero-order valence-corrected chi connectivity index (χ0v) is 11.3. The van der Waals surface area contributed by atoms with E-state index in [-0.39, 0.29) is 18.8 Å². The van der Waals surface area contributed by atoms with Crippen molar-refractivity contribution in [3.05, 3.63) is 29.8 Å². The molecular weight excluding hydrogens is 287 g/mol. The Morgan fingerprint density at radius 1 is 1.33 bits per heavy atom. The Morgan fingerprint density at radius 3 is 2.57 bits per heavy atom. The van der Waals surface area contributed by atoms with Crippen molar-refractivity contribution in [2.24, 2.45) is 5.92 Å². The summed E-state index contributed by atoms with van der Waals surface area (Å²) < 4.78 is 41.1. The number of hydrogen-bond donors (Lipinski definition) is 1. The summed E-state index contributed by atoms with van der Waals surface area (Å²) in [4.78, 5) is 12.5. The maximum atomic E-state index is 12.4. The molecule has 1 aliphatic rings. The number of aliphatic carboxylic acids is 1. The van der Waals surface area contributed by atoms with Crippen molar-refractivity contribution in [3.63, 3.8) is 0 Å². The molecule has 2 rings (SSSR count). The lowest BCUT2D eigenvalue weighted by Crippen LogP contribution is -2.31. The van der Waals surface area contributed by atoms with Gasteiger partial charge in [0.05, 0.1) is 6.54 Å². The molecule has 0 aromatic heterocycles. The second kappa shape index (κ2) is 6.34. The fourth-order valence-corrected chi connectivity index (χ4v) is 2.14. The van der Waals surface area contributed by atoms with E-state index in [9.17, 15) is 18.0 Å². The summed E-state index contributed by atoms with van der Waals surface area (Å²) >= 11 is 0. The highest BCUT2D eigenvalue weighted by molar-refractivity contribution is 5.69. The molecule has 1 N–H and O–H groups in total. The predicted octanol–water partition coefficient (Wildman–Crippen LogP) is 2.88. The minimum Gasteiger partial charge on any atom is -0.480 e. The Kier molecular flexibility index (Phi) is 4.72. The fourth-order valence-electron chi connectivity index (χ4n) is 2.14.